The van der Waals surface area contributed by atoms with E-state index in [4.69, 9.17) is 0 Å². The lowest BCUT2D eigenvalue weighted by Gasteiger charge is -2.17. The number of hydrazone groups is 1. The molecule has 4 nitrogen and oxygen atoms in total. The SMILES string of the molecule is Fc1ccc2c(c1)/C(=N/Nc1nncc3ccccc13)CCS2. The third-order valence-electron chi connectivity index (χ3n) is 3.72. The highest BCUT2D eigenvalue weighted by atomic mass is 32.2. The topological polar surface area (TPSA) is 50.2 Å². The summed E-state index contributed by atoms with van der Waals surface area (Å²) in [7, 11) is 0. The second kappa shape index (κ2) is 5.96. The molecule has 2 aromatic carbocycles. The molecule has 0 aliphatic carbocycles. The van der Waals surface area contributed by atoms with Crippen molar-refractivity contribution in [2.75, 3.05) is 11.2 Å². The molecule has 0 radical (unpaired) electrons. The Kier molecular flexibility index (Phi) is 3.67. The van der Waals surface area contributed by atoms with E-state index in [0.29, 0.717) is 5.82 Å². The third-order valence-corrected chi connectivity index (χ3v) is 4.79. The van der Waals surface area contributed by atoms with E-state index in [9.17, 15) is 4.39 Å². The maximum Gasteiger partial charge on any atom is 0.176 e. The fourth-order valence-electron chi connectivity index (χ4n) is 2.59. The molecule has 2 heterocycles. The van der Waals surface area contributed by atoms with Gasteiger partial charge in [0, 0.05) is 33.4 Å². The lowest BCUT2D eigenvalue weighted by molar-refractivity contribution is 0.626. The van der Waals surface area contributed by atoms with Gasteiger partial charge in [-0.15, -0.1) is 16.9 Å². The van der Waals surface area contributed by atoms with Gasteiger partial charge in [0.1, 0.15) is 5.82 Å². The van der Waals surface area contributed by atoms with E-state index in [2.05, 4.69) is 20.7 Å². The highest BCUT2D eigenvalue weighted by Gasteiger charge is 2.17. The second-order valence-corrected chi connectivity index (χ2v) is 6.33. The van der Waals surface area contributed by atoms with Crippen LogP contribution in [0.1, 0.15) is 12.0 Å². The average Bonchev–Trinajstić information content (AvgIpc) is 2.60. The minimum Gasteiger partial charge on any atom is -0.259 e. The Balaban J connectivity index is 1.71. The standard InChI is InChI=1S/C17H13FN4S/c18-12-5-6-16-14(9-12)15(7-8-23-16)20-22-17-13-4-2-1-3-11(13)10-19-21-17/h1-6,9-10H,7-8H2,(H,21,22)/b20-15+. The molecule has 1 N–H and O–H groups in total. The number of hydrogen-bond donors (Lipinski definition) is 1. The second-order valence-electron chi connectivity index (χ2n) is 5.19. The lowest BCUT2D eigenvalue weighted by Crippen LogP contribution is -2.12. The Bertz CT molecular complexity index is 905. The molecule has 23 heavy (non-hydrogen) atoms. The Morgan fingerprint density at radius 1 is 1.17 bits per heavy atom. The van der Waals surface area contributed by atoms with Gasteiger partial charge >= 0.3 is 0 Å². The van der Waals surface area contributed by atoms with Gasteiger partial charge in [-0.05, 0) is 18.2 Å². The van der Waals surface area contributed by atoms with Crippen LogP contribution in [0.15, 0.2) is 58.7 Å². The summed E-state index contributed by atoms with van der Waals surface area (Å²) in [6, 6.07) is 12.7. The van der Waals surface area contributed by atoms with Gasteiger partial charge in [0.15, 0.2) is 5.82 Å². The highest BCUT2D eigenvalue weighted by Crippen LogP contribution is 2.31. The predicted octanol–water partition coefficient (Wildman–Crippen LogP) is 4.08. The fraction of sp³-hybridized carbons (Fsp3) is 0.118. The zero-order chi connectivity index (χ0) is 15.6. The van der Waals surface area contributed by atoms with Gasteiger partial charge in [-0.1, -0.05) is 24.3 Å². The van der Waals surface area contributed by atoms with E-state index < -0.39 is 0 Å². The molecule has 0 saturated heterocycles. The fourth-order valence-corrected chi connectivity index (χ4v) is 3.60. The molecule has 1 aliphatic rings. The molecule has 0 saturated carbocycles. The molecular formula is C17H13FN4S. The van der Waals surface area contributed by atoms with Crippen LogP contribution in [0.2, 0.25) is 0 Å². The summed E-state index contributed by atoms with van der Waals surface area (Å²) >= 11 is 1.72. The molecule has 3 aromatic rings. The number of hydrogen-bond acceptors (Lipinski definition) is 5. The Labute approximate surface area is 136 Å². The van der Waals surface area contributed by atoms with E-state index in [0.717, 1.165) is 39.1 Å². The molecule has 114 valence electrons. The number of aromatic nitrogens is 2. The van der Waals surface area contributed by atoms with Crippen molar-refractivity contribution in [1.29, 1.82) is 0 Å². The minimum absolute atomic E-state index is 0.246. The summed E-state index contributed by atoms with van der Waals surface area (Å²) in [5.74, 6) is 1.29. The quantitative estimate of drug-likeness (QED) is 0.722. The minimum atomic E-state index is -0.246. The van der Waals surface area contributed by atoms with Crippen LogP contribution < -0.4 is 5.43 Å². The summed E-state index contributed by atoms with van der Waals surface area (Å²) in [6.45, 7) is 0. The summed E-state index contributed by atoms with van der Waals surface area (Å²) in [5.41, 5.74) is 4.69. The Hall–Kier alpha value is -2.47. The molecular weight excluding hydrogens is 311 g/mol. The van der Waals surface area contributed by atoms with Crippen LogP contribution in [0.25, 0.3) is 10.8 Å². The molecule has 0 amide bonds. The van der Waals surface area contributed by atoms with Gasteiger partial charge in [-0.3, -0.25) is 5.43 Å². The molecule has 0 fully saturated rings. The number of benzene rings is 2. The first kappa shape index (κ1) is 14.1. The first-order valence-electron chi connectivity index (χ1n) is 7.27. The molecule has 4 rings (SSSR count). The Morgan fingerprint density at radius 2 is 2.09 bits per heavy atom. The largest absolute Gasteiger partial charge is 0.259 e. The van der Waals surface area contributed by atoms with Crippen molar-refractivity contribution in [3.63, 3.8) is 0 Å². The molecule has 0 atom stereocenters. The van der Waals surface area contributed by atoms with Crippen LogP contribution >= 0.6 is 11.8 Å². The van der Waals surface area contributed by atoms with E-state index in [1.807, 2.05) is 30.3 Å². The van der Waals surface area contributed by atoms with Crippen molar-refractivity contribution in [3.05, 3.63) is 60.0 Å². The number of anilines is 1. The smallest absolute Gasteiger partial charge is 0.176 e. The van der Waals surface area contributed by atoms with Crippen LogP contribution in [0.5, 0.6) is 0 Å². The predicted molar refractivity (Wildman–Crippen MR) is 91.4 cm³/mol. The molecule has 6 heteroatoms. The van der Waals surface area contributed by atoms with Gasteiger partial charge < -0.3 is 0 Å². The normalized spacial score (nSPS) is 15.6. The summed E-state index contributed by atoms with van der Waals surface area (Å²) in [6.07, 6.45) is 2.50. The van der Waals surface area contributed by atoms with E-state index in [1.54, 1.807) is 18.0 Å². The third kappa shape index (κ3) is 2.77. The van der Waals surface area contributed by atoms with Crippen molar-refractivity contribution in [2.45, 2.75) is 11.3 Å². The zero-order valence-electron chi connectivity index (χ0n) is 12.2. The first-order valence-corrected chi connectivity index (χ1v) is 8.25. The van der Waals surface area contributed by atoms with Gasteiger partial charge in [-0.2, -0.15) is 10.2 Å². The van der Waals surface area contributed by atoms with Gasteiger partial charge in [0.25, 0.3) is 0 Å². The number of thioether (sulfide) groups is 1. The summed E-state index contributed by atoms with van der Waals surface area (Å²) in [5, 5.41) is 14.5. The number of nitrogens with zero attached hydrogens (tertiary/aromatic N) is 3. The maximum absolute atomic E-state index is 13.5. The zero-order valence-corrected chi connectivity index (χ0v) is 13.0. The number of fused-ring (bicyclic) bond motifs is 2. The molecule has 1 aromatic heterocycles. The van der Waals surface area contributed by atoms with E-state index >= 15 is 0 Å². The van der Waals surface area contributed by atoms with Crippen LogP contribution in [-0.2, 0) is 0 Å². The van der Waals surface area contributed by atoms with Crippen LogP contribution in [-0.4, -0.2) is 21.7 Å². The molecule has 0 spiro atoms. The number of rotatable bonds is 2. The van der Waals surface area contributed by atoms with E-state index in [-0.39, 0.29) is 5.82 Å². The van der Waals surface area contributed by atoms with Crippen molar-refractivity contribution in [1.82, 2.24) is 10.2 Å². The average molecular weight is 324 g/mol. The van der Waals surface area contributed by atoms with Crippen molar-refractivity contribution >= 4 is 34.1 Å². The number of halogens is 1. The van der Waals surface area contributed by atoms with Crippen molar-refractivity contribution in [2.24, 2.45) is 5.10 Å². The van der Waals surface area contributed by atoms with Gasteiger partial charge in [0.05, 0.1) is 11.9 Å². The lowest BCUT2D eigenvalue weighted by atomic mass is 10.1. The monoisotopic (exact) mass is 324 g/mol. The molecule has 0 unspecified atom stereocenters. The number of nitrogens with one attached hydrogen (secondary N) is 1. The molecule has 0 bridgehead atoms. The van der Waals surface area contributed by atoms with Crippen LogP contribution in [0, 0.1) is 5.82 Å². The summed E-state index contributed by atoms with van der Waals surface area (Å²) in [4.78, 5) is 1.06. The van der Waals surface area contributed by atoms with Crippen molar-refractivity contribution in [3.8, 4) is 0 Å². The first-order chi connectivity index (χ1) is 11.3. The highest BCUT2D eigenvalue weighted by molar-refractivity contribution is 7.99. The van der Waals surface area contributed by atoms with Crippen LogP contribution in [0.3, 0.4) is 0 Å². The van der Waals surface area contributed by atoms with Gasteiger partial charge in [-0.25, -0.2) is 4.39 Å². The maximum atomic E-state index is 13.5. The molecule has 1 aliphatic heterocycles. The van der Waals surface area contributed by atoms with E-state index in [1.165, 1.54) is 12.1 Å². The Morgan fingerprint density at radius 3 is 3.04 bits per heavy atom. The van der Waals surface area contributed by atoms with Crippen LogP contribution in [0.4, 0.5) is 10.2 Å². The van der Waals surface area contributed by atoms with Crippen molar-refractivity contribution < 1.29 is 4.39 Å². The van der Waals surface area contributed by atoms with Gasteiger partial charge in [0.2, 0.25) is 0 Å². The summed E-state index contributed by atoms with van der Waals surface area (Å²) < 4.78 is 13.5.